The second-order valence-electron chi connectivity index (χ2n) is 4.94. The molecular formula is C14H13N3. The van der Waals surface area contributed by atoms with E-state index in [0.29, 0.717) is 0 Å². The summed E-state index contributed by atoms with van der Waals surface area (Å²) in [7, 11) is 0. The molecule has 0 saturated heterocycles. The average molecular weight is 223 g/mol. The van der Waals surface area contributed by atoms with Crippen molar-refractivity contribution in [2.75, 3.05) is 0 Å². The number of hydrogen-bond acceptors (Lipinski definition) is 2. The lowest BCUT2D eigenvalue weighted by molar-refractivity contribution is 0.741. The van der Waals surface area contributed by atoms with Crippen molar-refractivity contribution in [3.05, 3.63) is 42.1 Å². The Hall–Kier alpha value is -1.87. The number of pyridine rings is 1. The number of aromatic nitrogens is 2. The topological polar surface area (TPSA) is 54.7 Å². The van der Waals surface area contributed by atoms with Crippen LogP contribution in [0, 0.1) is 0 Å². The van der Waals surface area contributed by atoms with Gasteiger partial charge >= 0.3 is 0 Å². The van der Waals surface area contributed by atoms with Crippen LogP contribution in [0.4, 0.5) is 0 Å². The summed E-state index contributed by atoms with van der Waals surface area (Å²) in [5, 5.41) is 2.40. The highest BCUT2D eigenvalue weighted by molar-refractivity contribution is 6.06. The second kappa shape index (κ2) is 2.87. The quantitative estimate of drug-likeness (QED) is 0.666. The molecule has 0 atom stereocenters. The van der Waals surface area contributed by atoms with Gasteiger partial charge in [-0.2, -0.15) is 0 Å². The molecule has 0 aliphatic heterocycles. The van der Waals surface area contributed by atoms with Gasteiger partial charge in [0, 0.05) is 28.0 Å². The summed E-state index contributed by atoms with van der Waals surface area (Å²) in [6, 6.07) is 10.5. The Balaban J connectivity index is 2.07. The Morgan fingerprint density at radius 2 is 2.06 bits per heavy atom. The predicted octanol–water partition coefficient (Wildman–Crippen LogP) is 2.66. The summed E-state index contributed by atoms with van der Waals surface area (Å²) in [5.41, 5.74) is 9.50. The van der Waals surface area contributed by atoms with Crippen molar-refractivity contribution in [1.82, 2.24) is 9.97 Å². The smallest absolute Gasteiger partial charge is 0.138 e. The third-order valence-electron chi connectivity index (χ3n) is 3.73. The van der Waals surface area contributed by atoms with Gasteiger partial charge < -0.3 is 10.7 Å². The summed E-state index contributed by atoms with van der Waals surface area (Å²) in [6.07, 6.45) is 4.00. The molecule has 1 aromatic carbocycles. The van der Waals surface area contributed by atoms with E-state index in [9.17, 15) is 0 Å². The van der Waals surface area contributed by atoms with Crippen molar-refractivity contribution in [3.63, 3.8) is 0 Å². The average Bonchev–Trinajstić information content (AvgIpc) is 3.00. The van der Waals surface area contributed by atoms with Gasteiger partial charge in [-0.1, -0.05) is 6.07 Å². The minimum Gasteiger partial charge on any atom is -0.339 e. The van der Waals surface area contributed by atoms with Crippen molar-refractivity contribution < 1.29 is 0 Å². The first-order valence-electron chi connectivity index (χ1n) is 5.92. The van der Waals surface area contributed by atoms with Gasteiger partial charge in [-0.15, -0.1) is 0 Å². The molecule has 4 rings (SSSR count). The predicted molar refractivity (Wildman–Crippen MR) is 68.7 cm³/mol. The van der Waals surface area contributed by atoms with Gasteiger partial charge in [0.15, 0.2) is 0 Å². The number of nitrogens with one attached hydrogen (secondary N) is 1. The molecule has 1 aliphatic carbocycles. The third kappa shape index (κ3) is 1.23. The van der Waals surface area contributed by atoms with Crippen LogP contribution in [-0.4, -0.2) is 9.97 Å². The van der Waals surface area contributed by atoms with E-state index >= 15 is 0 Å². The lowest BCUT2D eigenvalue weighted by atomic mass is 10.0. The summed E-state index contributed by atoms with van der Waals surface area (Å²) < 4.78 is 0. The maximum atomic E-state index is 6.25. The summed E-state index contributed by atoms with van der Waals surface area (Å²) in [5.74, 6) is 0. The van der Waals surface area contributed by atoms with Gasteiger partial charge in [0.2, 0.25) is 0 Å². The molecule has 0 bridgehead atoms. The monoisotopic (exact) mass is 223 g/mol. The normalized spacial score (nSPS) is 17.7. The maximum absolute atomic E-state index is 6.25. The summed E-state index contributed by atoms with van der Waals surface area (Å²) >= 11 is 0. The summed E-state index contributed by atoms with van der Waals surface area (Å²) in [6.45, 7) is 0. The number of fused-ring (bicyclic) bond motifs is 3. The highest BCUT2D eigenvalue weighted by Crippen LogP contribution is 2.43. The zero-order valence-corrected chi connectivity index (χ0v) is 9.40. The number of nitrogens with two attached hydrogens (primary N) is 1. The molecule has 1 aliphatic rings. The van der Waals surface area contributed by atoms with E-state index in [-0.39, 0.29) is 5.54 Å². The minimum atomic E-state index is -0.0695. The van der Waals surface area contributed by atoms with Crippen LogP contribution in [0.25, 0.3) is 21.9 Å². The fourth-order valence-corrected chi connectivity index (χ4v) is 2.46. The van der Waals surface area contributed by atoms with E-state index in [4.69, 9.17) is 5.73 Å². The number of hydrogen-bond donors (Lipinski definition) is 2. The standard InChI is InChI=1S/C14H13N3/c15-14(5-6-14)9-3-4-12-11(8-9)10-2-1-7-16-13(10)17-12/h1-4,7-8H,5-6,15H2,(H,16,17). The number of benzene rings is 1. The highest BCUT2D eigenvalue weighted by Gasteiger charge is 2.40. The van der Waals surface area contributed by atoms with Crippen molar-refractivity contribution in [2.24, 2.45) is 5.73 Å². The van der Waals surface area contributed by atoms with E-state index < -0.39 is 0 Å². The Bertz CT molecular complexity index is 722. The Kier molecular flexibility index (Phi) is 1.55. The van der Waals surface area contributed by atoms with Crippen molar-refractivity contribution in [1.29, 1.82) is 0 Å². The molecule has 17 heavy (non-hydrogen) atoms. The summed E-state index contributed by atoms with van der Waals surface area (Å²) in [4.78, 5) is 7.66. The van der Waals surface area contributed by atoms with E-state index in [1.54, 1.807) is 0 Å². The molecule has 3 N–H and O–H groups in total. The lowest BCUT2D eigenvalue weighted by Gasteiger charge is -2.08. The zero-order chi connectivity index (χ0) is 11.5. The van der Waals surface area contributed by atoms with Gasteiger partial charge in [-0.25, -0.2) is 4.98 Å². The Labute approximate surface area is 98.7 Å². The molecule has 1 saturated carbocycles. The van der Waals surface area contributed by atoms with E-state index in [0.717, 1.165) is 24.0 Å². The van der Waals surface area contributed by atoms with Crippen molar-refractivity contribution in [2.45, 2.75) is 18.4 Å². The minimum absolute atomic E-state index is 0.0695. The van der Waals surface area contributed by atoms with Crippen LogP contribution in [0.1, 0.15) is 18.4 Å². The van der Waals surface area contributed by atoms with Crippen LogP contribution < -0.4 is 5.73 Å². The first kappa shape index (κ1) is 9.19. The van der Waals surface area contributed by atoms with E-state index in [2.05, 4.69) is 34.2 Å². The van der Waals surface area contributed by atoms with Gasteiger partial charge in [0.05, 0.1) is 0 Å². The first-order valence-corrected chi connectivity index (χ1v) is 5.92. The molecule has 1 fully saturated rings. The van der Waals surface area contributed by atoms with Crippen LogP contribution in [-0.2, 0) is 5.54 Å². The van der Waals surface area contributed by atoms with Gasteiger partial charge in [0.25, 0.3) is 0 Å². The van der Waals surface area contributed by atoms with Crippen LogP contribution in [0.15, 0.2) is 36.5 Å². The number of nitrogens with zero attached hydrogens (tertiary/aromatic N) is 1. The molecule has 0 spiro atoms. The van der Waals surface area contributed by atoms with Gasteiger partial charge in [0.1, 0.15) is 5.65 Å². The molecular weight excluding hydrogens is 210 g/mol. The molecule has 0 radical (unpaired) electrons. The molecule has 0 unspecified atom stereocenters. The molecule has 2 heterocycles. The molecule has 2 aromatic heterocycles. The molecule has 0 amide bonds. The van der Waals surface area contributed by atoms with E-state index in [1.807, 2.05) is 12.3 Å². The largest absolute Gasteiger partial charge is 0.339 e. The highest BCUT2D eigenvalue weighted by atomic mass is 14.9. The van der Waals surface area contributed by atoms with Crippen LogP contribution in [0.3, 0.4) is 0 Å². The molecule has 3 aromatic rings. The SMILES string of the molecule is NC1(c2ccc3[nH]c4ncccc4c3c2)CC1. The third-order valence-corrected chi connectivity index (χ3v) is 3.73. The fourth-order valence-electron chi connectivity index (χ4n) is 2.46. The Morgan fingerprint density at radius 3 is 2.88 bits per heavy atom. The second-order valence-corrected chi connectivity index (χ2v) is 4.94. The number of aromatic amines is 1. The molecule has 3 heteroatoms. The lowest BCUT2D eigenvalue weighted by Crippen LogP contribution is -2.18. The van der Waals surface area contributed by atoms with Gasteiger partial charge in [-0.3, -0.25) is 0 Å². The maximum Gasteiger partial charge on any atom is 0.138 e. The number of H-pyrrole nitrogens is 1. The van der Waals surface area contributed by atoms with Crippen LogP contribution in [0.2, 0.25) is 0 Å². The molecule has 84 valence electrons. The van der Waals surface area contributed by atoms with E-state index in [1.165, 1.54) is 16.3 Å². The fraction of sp³-hybridized carbons (Fsp3) is 0.214. The van der Waals surface area contributed by atoms with Crippen LogP contribution >= 0.6 is 0 Å². The van der Waals surface area contributed by atoms with Crippen LogP contribution in [0.5, 0.6) is 0 Å². The zero-order valence-electron chi connectivity index (χ0n) is 9.40. The van der Waals surface area contributed by atoms with Crippen molar-refractivity contribution in [3.8, 4) is 0 Å². The first-order chi connectivity index (χ1) is 8.26. The molecule has 3 nitrogen and oxygen atoms in total. The number of rotatable bonds is 1. The Morgan fingerprint density at radius 1 is 1.18 bits per heavy atom. The van der Waals surface area contributed by atoms with Crippen molar-refractivity contribution >= 4 is 21.9 Å². The van der Waals surface area contributed by atoms with Gasteiger partial charge in [-0.05, 0) is 42.7 Å².